The van der Waals surface area contributed by atoms with Crippen molar-refractivity contribution < 1.29 is 4.42 Å². The summed E-state index contributed by atoms with van der Waals surface area (Å²) in [5, 5.41) is 10.8. The first-order valence-corrected chi connectivity index (χ1v) is 8.56. The van der Waals surface area contributed by atoms with Gasteiger partial charge in [-0.15, -0.1) is 12.4 Å². The van der Waals surface area contributed by atoms with E-state index in [0.29, 0.717) is 6.04 Å². The summed E-state index contributed by atoms with van der Waals surface area (Å²) >= 11 is 0. The molecular weight excluding hydrogens is 326 g/mol. The molecule has 2 aromatic heterocycles. The Bertz CT molecular complexity index is 649. The van der Waals surface area contributed by atoms with Crippen molar-refractivity contribution in [3.63, 3.8) is 0 Å². The van der Waals surface area contributed by atoms with Crippen LogP contribution in [-0.4, -0.2) is 65.3 Å². The SMILES string of the molecule is Cc1ccc(-c2[nH]ncc2CN2CCC(N3CCNCC3)C2)o1.Cl. The minimum Gasteiger partial charge on any atom is -0.460 e. The van der Waals surface area contributed by atoms with Crippen molar-refractivity contribution in [2.75, 3.05) is 39.3 Å². The van der Waals surface area contributed by atoms with Crippen LogP contribution in [-0.2, 0) is 6.54 Å². The summed E-state index contributed by atoms with van der Waals surface area (Å²) in [5.74, 6) is 1.81. The van der Waals surface area contributed by atoms with E-state index in [2.05, 4.69) is 25.3 Å². The fourth-order valence-electron chi connectivity index (χ4n) is 3.76. The van der Waals surface area contributed by atoms with Crippen molar-refractivity contribution in [3.8, 4) is 11.5 Å². The molecule has 4 rings (SSSR count). The van der Waals surface area contributed by atoms with Gasteiger partial charge >= 0.3 is 0 Å². The third-order valence-corrected chi connectivity index (χ3v) is 5.01. The van der Waals surface area contributed by atoms with Gasteiger partial charge < -0.3 is 9.73 Å². The van der Waals surface area contributed by atoms with Crippen LogP contribution >= 0.6 is 12.4 Å². The van der Waals surface area contributed by atoms with Crippen LogP contribution in [0.2, 0.25) is 0 Å². The summed E-state index contributed by atoms with van der Waals surface area (Å²) in [6.45, 7) is 9.84. The summed E-state index contributed by atoms with van der Waals surface area (Å²) in [7, 11) is 0. The highest BCUT2D eigenvalue weighted by Gasteiger charge is 2.29. The second-order valence-electron chi connectivity index (χ2n) is 6.64. The number of nitrogens with one attached hydrogen (secondary N) is 2. The highest BCUT2D eigenvalue weighted by molar-refractivity contribution is 5.85. The van der Waals surface area contributed by atoms with Gasteiger partial charge in [0.05, 0.1) is 6.20 Å². The van der Waals surface area contributed by atoms with Crippen molar-refractivity contribution in [3.05, 3.63) is 29.7 Å². The minimum absolute atomic E-state index is 0. The maximum atomic E-state index is 5.74. The molecule has 24 heavy (non-hydrogen) atoms. The molecule has 0 aromatic carbocycles. The van der Waals surface area contributed by atoms with Crippen LogP contribution in [0.4, 0.5) is 0 Å². The molecule has 2 saturated heterocycles. The van der Waals surface area contributed by atoms with E-state index in [-0.39, 0.29) is 12.4 Å². The van der Waals surface area contributed by atoms with Crippen LogP contribution in [0.25, 0.3) is 11.5 Å². The maximum absolute atomic E-state index is 5.74. The van der Waals surface area contributed by atoms with Crippen LogP contribution in [0.1, 0.15) is 17.7 Å². The number of nitrogens with zero attached hydrogens (tertiary/aromatic N) is 3. The van der Waals surface area contributed by atoms with Crippen molar-refractivity contribution in [2.45, 2.75) is 25.9 Å². The van der Waals surface area contributed by atoms with Crippen molar-refractivity contribution in [1.82, 2.24) is 25.3 Å². The van der Waals surface area contributed by atoms with E-state index in [1.54, 1.807) is 0 Å². The van der Waals surface area contributed by atoms with E-state index in [0.717, 1.165) is 49.9 Å². The number of furan rings is 1. The first-order chi connectivity index (χ1) is 11.3. The van der Waals surface area contributed by atoms with E-state index in [1.165, 1.54) is 25.1 Å². The Labute approximate surface area is 149 Å². The third kappa shape index (κ3) is 3.67. The molecule has 0 aliphatic carbocycles. The summed E-state index contributed by atoms with van der Waals surface area (Å²) in [5.41, 5.74) is 2.24. The molecule has 0 spiro atoms. The molecule has 0 amide bonds. The lowest BCUT2D eigenvalue weighted by Gasteiger charge is -2.32. The largest absolute Gasteiger partial charge is 0.460 e. The highest BCUT2D eigenvalue weighted by Crippen LogP contribution is 2.26. The van der Waals surface area contributed by atoms with Crippen LogP contribution in [0.15, 0.2) is 22.7 Å². The number of hydrogen-bond donors (Lipinski definition) is 2. The van der Waals surface area contributed by atoms with Crippen molar-refractivity contribution in [2.24, 2.45) is 0 Å². The van der Waals surface area contributed by atoms with Gasteiger partial charge in [0.2, 0.25) is 0 Å². The monoisotopic (exact) mass is 351 g/mol. The van der Waals surface area contributed by atoms with E-state index < -0.39 is 0 Å². The molecule has 2 aliphatic heterocycles. The standard InChI is InChI=1S/C17H25N5O.ClH/c1-13-2-3-16(23-13)17-14(10-19-20-17)11-21-7-4-15(12-21)22-8-5-18-6-9-22;/h2-3,10,15,18H,4-9,11-12H2,1H3,(H,19,20);1H. The molecule has 6 nitrogen and oxygen atoms in total. The Balaban J connectivity index is 0.00000169. The number of hydrogen-bond acceptors (Lipinski definition) is 5. The Kier molecular flexibility index (Phi) is 5.61. The van der Waals surface area contributed by atoms with Gasteiger partial charge in [-0.3, -0.25) is 14.9 Å². The number of likely N-dealkylation sites (tertiary alicyclic amines) is 1. The van der Waals surface area contributed by atoms with Gasteiger partial charge in [-0.05, 0) is 25.5 Å². The van der Waals surface area contributed by atoms with Crippen LogP contribution in [0, 0.1) is 6.92 Å². The molecule has 1 unspecified atom stereocenters. The lowest BCUT2D eigenvalue weighted by Crippen LogP contribution is -2.49. The lowest BCUT2D eigenvalue weighted by molar-refractivity contribution is 0.170. The number of aromatic nitrogens is 2. The van der Waals surface area contributed by atoms with Gasteiger partial charge in [0.1, 0.15) is 11.5 Å². The summed E-state index contributed by atoms with van der Waals surface area (Å²) < 4.78 is 5.74. The zero-order chi connectivity index (χ0) is 15.6. The Hall–Kier alpha value is -1.34. The van der Waals surface area contributed by atoms with Crippen LogP contribution in [0.5, 0.6) is 0 Å². The van der Waals surface area contributed by atoms with Crippen LogP contribution in [0.3, 0.4) is 0 Å². The van der Waals surface area contributed by atoms with E-state index in [4.69, 9.17) is 4.42 Å². The first-order valence-electron chi connectivity index (χ1n) is 8.56. The van der Waals surface area contributed by atoms with E-state index in [9.17, 15) is 0 Å². The van der Waals surface area contributed by atoms with Crippen molar-refractivity contribution in [1.29, 1.82) is 0 Å². The molecule has 2 N–H and O–H groups in total. The number of aryl methyl sites for hydroxylation is 1. The molecular formula is C17H26ClN5O. The van der Waals surface area contributed by atoms with Gasteiger partial charge in [-0.1, -0.05) is 0 Å². The molecule has 132 valence electrons. The fraction of sp³-hybridized carbons (Fsp3) is 0.588. The second-order valence-corrected chi connectivity index (χ2v) is 6.64. The topological polar surface area (TPSA) is 60.3 Å². The summed E-state index contributed by atoms with van der Waals surface area (Å²) in [6.07, 6.45) is 3.21. The Morgan fingerprint density at radius 2 is 2.08 bits per heavy atom. The average Bonchev–Trinajstić information content (AvgIpc) is 3.29. The predicted molar refractivity (Wildman–Crippen MR) is 96.4 cm³/mol. The zero-order valence-corrected chi connectivity index (χ0v) is 14.9. The molecule has 7 heteroatoms. The molecule has 0 radical (unpaired) electrons. The van der Waals surface area contributed by atoms with Gasteiger partial charge in [-0.2, -0.15) is 5.10 Å². The highest BCUT2D eigenvalue weighted by atomic mass is 35.5. The van der Waals surface area contributed by atoms with Gasteiger partial charge in [0, 0.05) is 57.4 Å². The molecule has 1 atom stereocenters. The van der Waals surface area contributed by atoms with Crippen LogP contribution < -0.4 is 5.32 Å². The van der Waals surface area contributed by atoms with Crippen molar-refractivity contribution >= 4 is 12.4 Å². The van der Waals surface area contributed by atoms with E-state index >= 15 is 0 Å². The number of halogens is 1. The predicted octanol–water partition coefficient (Wildman–Crippen LogP) is 1.88. The molecule has 2 fully saturated rings. The smallest absolute Gasteiger partial charge is 0.152 e. The van der Waals surface area contributed by atoms with Gasteiger partial charge in [0.15, 0.2) is 5.76 Å². The number of piperazine rings is 1. The number of rotatable bonds is 4. The minimum atomic E-state index is 0. The molecule has 2 aliphatic rings. The molecule has 0 saturated carbocycles. The Morgan fingerprint density at radius 1 is 1.25 bits per heavy atom. The fourth-order valence-corrected chi connectivity index (χ4v) is 3.76. The van der Waals surface area contributed by atoms with Gasteiger partial charge in [-0.25, -0.2) is 0 Å². The first kappa shape index (κ1) is 17.5. The molecule has 0 bridgehead atoms. The molecule has 4 heterocycles. The van der Waals surface area contributed by atoms with Gasteiger partial charge in [0.25, 0.3) is 0 Å². The quantitative estimate of drug-likeness (QED) is 0.880. The summed E-state index contributed by atoms with van der Waals surface area (Å²) in [4.78, 5) is 5.18. The number of aromatic amines is 1. The lowest BCUT2D eigenvalue weighted by atomic mass is 10.2. The Morgan fingerprint density at radius 3 is 2.83 bits per heavy atom. The summed E-state index contributed by atoms with van der Waals surface area (Å²) in [6, 6.07) is 4.72. The normalized spacial score (nSPS) is 22.6. The second kappa shape index (κ2) is 7.70. The zero-order valence-electron chi connectivity index (χ0n) is 14.1. The average molecular weight is 352 g/mol. The molecule has 2 aromatic rings. The number of H-pyrrole nitrogens is 1. The maximum Gasteiger partial charge on any atom is 0.152 e. The third-order valence-electron chi connectivity index (χ3n) is 5.01. The van der Waals surface area contributed by atoms with E-state index in [1.807, 2.05) is 25.3 Å².